The van der Waals surface area contributed by atoms with Gasteiger partial charge in [0.25, 0.3) is 0 Å². The van der Waals surface area contributed by atoms with Crippen molar-refractivity contribution >= 4 is 17.5 Å². The van der Waals surface area contributed by atoms with Crippen molar-refractivity contribution in [2.24, 2.45) is 11.3 Å². The van der Waals surface area contributed by atoms with E-state index in [1.807, 2.05) is 52.0 Å². The Bertz CT molecular complexity index is 575. The largest absolute Gasteiger partial charge is 0.391 e. The molecule has 2 atom stereocenters. The van der Waals surface area contributed by atoms with Crippen LogP contribution >= 0.6 is 0 Å². The van der Waals surface area contributed by atoms with Crippen LogP contribution in [0.3, 0.4) is 0 Å². The molecule has 2 N–H and O–H groups in total. The Balaban J connectivity index is 1.96. The van der Waals surface area contributed by atoms with Crippen molar-refractivity contribution in [2.45, 2.75) is 40.2 Å². The Morgan fingerprint density at radius 2 is 1.96 bits per heavy atom. The molecule has 1 saturated heterocycles. The number of carbonyl (C=O) groups excluding carboxylic acids is 2. The third kappa shape index (κ3) is 4.10. The molecular formula is C18H26N2O3. The Morgan fingerprint density at radius 1 is 1.35 bits per heavy atom. The molecule has 1 aliphatic heterocycles. The lowest BCUT2D eigenvalue weighted by atomic mass is 9.89. The number of hydrogen-bond acceptors (Lipinski definition) is 3. The molecule has 1 fully saturated rings. The lowest BCUT2D eigenvalue weighted by molar-refractivity contribution is -0.132. The molecule has 1 heterocycles. The number of amides is 2. The monoisotopic (exact) mass is 318 g/mol. The smallest absolute Gasteiger partial charge is 0.239 e. The number of carbonyl (C=O) groups is 2. The van der Waals surface area contributed by atoms with Crippen LogP contribution in [0, 0.1) is 18.3 Å². The number of aliphatic hydroxyl groups excluding tert-OH is 1. The summed E-state index contributed by atoms with van der Waals surface area (Å²) in [5.41, 5.74) is 1.65. The summed E-state index contributed by atoms with van der Waals surface area (Å²) in [4.78, 5) is 26.4. The van der Waals surface area contributed by atoms with Gasteiger partial charge in [0.05, 0.1) is 6.10 Å². The van der Waals surface area contributed by atoms with Gasteiger partial charge in [0, 0.05) is 18.8 Å². The number of benzene rings is 1. The van der Waals surface area contributed by atoms with E-state index in [0.29, 0.717) is 13.0 Å². The van der Waals surface area contributed by atoms with Crippen LogP contribution in [0.1, 0.15) is 32.8 Å². The third-order valence-corrected chi connectivity index (χ3v) is 4.34. The lowest BCUT2D eigenvalue weighted by Gasteiger charge is -2.26. The average Bonchev–Trinajstić information content (AvgIpc) is 2.86. The van der Waals surface area contributed by atoms with Gasteiger partial charge in [-0.1, -0.05) is 38.5 Å². The molecule has 5 heteroatoms. The molecule has 1 aliphatic rings. The molecule has 126 valence electrons. The topological polar surface area (TPSA) is 69.6 Å². The van der Waals surface area contributed by atoms with Crippen LogP contribution in [-0.4, -0.2) is 36.1 Å². The van der Waals surface area contributed by atoms with Gasteiger partial charge >= 0.3 is 0 Å². The summed E-state index contributed by atoms with van der Waals surface area (Å²) in [5, 5.41) is 12.7. The fraction of sp³-hybridized carbons (Fsp3) is 0.556. The van der Waals surface area contributed by atoms with Crippen LogP contribution in [0.2, 0.25) is 0 Å². The van der Waals surface area contributed by atoms with Gasteiger partial charge in [-0.15, -0.1) is 0 Å². The molecule has 0 radical (unpaired) electrons. The van der Waals surface area contributed by atoms with E-state index in [-0.39, 0.29) is 23.8 Å². The second-order valence-electron chi connectivity index (χ2n) is 7.29. The minimum atomic E-state index is -0.663. The van der Waals surface area contributed by atoms with E-state index in [2.05, 4.69) is 5.32 Å². The maximum atomic E-state index is 12.5. The van der Waals surface area contributed by atoms with Crippen molar-refractivity contribution in [3.8, 4) is 0 Å². The molecule has 1 aromatic rings. The molecule has 0 bridgehead atoms. The first-order valence-electron chi connectivity index (χ1n) is 8.04. The summed E-state index contributed by atoms with van der Waals surface area (Å²) in [6.45, 7) is 8.42. The first-order valence-corrected chi connectivity index (χ1v) is 8.04. The van der Waals surface area contributed by atoms with E-state index in [1.54, 1.807) is 4.90 Å². The standard InChI is InChI=1S/C18H26N2O3/c1-12-5-7-13(8-6-12)20-10-9-14(17(20)23)16(22)19-11-15(21)18(2,3)4/h5-8,14-15,21H,9-11H2,1-4H3,(H,19,22). The van der Waals surface area contributed by atoms with E-state index < -0.39 is 12.0 Å². The summed E-state index contributed by atoms with van der Waals surface area (Å²) < 4.78 is 0. The lowest BCUT2D eigenvalue weighted by Crippen LogP contribution is -2.43. The second-order valence-corrected chi connectivity index (χ2v) is 7.29. The molecule has 2 unspecified atom stereocenters. The molecule has 23 heavy (non-hydrogen) atoms. The third-order valence-electron chi connectivity index (χ3n) is 4.34. The number of aryl methyl sites for hydroxylation is 1. The average molecular weight is 318 g/mol. The molecule has 0 aliphatic carbocycles. The van der Waals surface area contributed by atoms with E-state index in [1.165, 1.54) is 0 Å². The van der Waals surface area contributed by atoms with Crippen molar-refractivity contribution in [1.82, 2.24) is 5.32 Å². The first kappa shape index (κ1) is 17.5. The Kier molecular flexibility index (Phi) is 5.09. The van der Waals surface area contributed by atoms with Crippen LogP contribution < -0.4 is 10.2 Å². The SMILES string of the molecule is Cc1ccc(N2CCC(C(=O)NCC(O)C(C)(C)C)C2=O)cc1. The maximum absolute atomic E-state index is 12.5. The Hall–Kier alpha value is -1.88. The van der Waals surface area contributed by atoms with Gasteiger partial charge in [0.1, 0.15) is 5.92 Å². The zero-order valence-corrected chi connectivity index (χ0v) is 14.3. The van der Waals surface area contributed by atoms with E-state index in [9.17, 15) is 14.7 Å². The van der Waals surface area contributed by atoms with Crippen molar-refractivity contribution in [3.63, 3.8) is 0 Å². The number of anilines is 1. The zero-order valence-electron chi connectivity index (χ0n) is 14.3. The molecule has 0 aromatic heterocycles. The number of aliphatic hydroxyl groups is 1. The molecule has 0 saturated carbocycles. The van der Waals surface area contributed by atoms with Crippen LogP contribution in [0.4, 0.5) is 5.69 Å². The second kappa shape index (κ2) is 6.71. The Labute approximate surface area is 137 Å². The van der Waals surface area contributed by atoms with Crippen LogP contribution in [0.15, 0.2) is 24.3 Å². The van der Waals surface area contributed by atoms with Crippen LogP contribution in [0.5, 0.6) is 0 Å². The van der Waals surface area contributed by atoms with Crippen molar-refractivity contribution < 1.29 is 14.7 Å². The van der Waals surface area contributed by atoms with E-state index in [0.717, 1.165) is 11.3 Å². The molecule has 2 amide bonds. The molecule has 5 nitrogen and oxygen atoms in total. The van der Waals surface area contributed by atoms with Crippen molar-refractivity contribution in [3.05, 3.63) is 29.8 Å². The van der Waals surface area contributed by atoms with Gasteiger partial charge < -0.3 is 15.3 Å². The quantitative estimate of drug-likeness (QED) is 0.833. The van der Waals surface area contributed by atoms with Crippen molar-refractivity contribution in [2.75, 3.05) is 18.0 Å². The van der Waals surface area contributed by atoms with Crippen molar-refractivity contribution in [1.29, 1.82) is 0 Å². The highest BCUT2D eigenvalue weighted by Crippen LogP contribution is 2.26. The number of rotatable bonds is 4. The number of nitrogens with one attached hydrogen (secondary N) is 1. The minimum Gasteiger partial charge on any atom is -0.391 e. The minimum absolute atomic E-state index is 0.163. The molecular weight excluding hydrogens is 292 g/mol. The fourth-order valence-corrected chi connectivity index (χ4v) is 2.53. The Morgan fingerprint density at radius 3 is 2.52 bits per heavy atom. The van der Waals surface area contributed by atoms with Gasteiger partial charge in [-0.05, 0) is 30.9 Å². The summed E-state index contributed by atoms with van der Waals surface area (Å²) in [6, 6.07) is 7.71. The normalized spacial score (nSPS) is 19.8. The summed E-state index contributed by atoms with van der Waals surface area (Å²) >= 11 is 0. The summed E-state index contributed by atoms with van der Waals surface area (Å²) in [7, 11) is 0. The first-order chi connectivity index (χ1) is 10.7. The van der Waals surface area contributed by atoms with Crippen LogP contribution in [-0.2, 0) is 9.59 Å². The van der Waals surface area contributed by atoms with Crippen LogP contribution in [0.25, 0.3) is 0 Å². The van der Waals surface area contributed by atoms with Gasteiger partial charge in [0.15, 0.2) is 0 Å². The molecule has 0 spiro atoms. The van der Waals surface area contributed by atoms with Gasteiger partial charge in [0.2, 0.25) is 11.8 Å². The predicted octanol–water partition coefficient (Wildman–Crippen LogP) is 1.87. The maximum Gasteiger partial charge on any atom is 0.239 e. The highest BCUT2D eigenvalue weighted by molar-refractivity contribution is 6.09. The summed E-state index contributed by atoms with van der Waals surface area (Å²) in [6.07, 6.45) is -0.138. The zero-order chi connectivity index (χ0) is 17.2. The van der Waals surface area contributed by atoms with E-state index >= 15 is 0 Å². The predicted molar refractivity (Wildman–Crippen MR) is 90.1 cm³/mol. The highest BCUT2D eigenvalue weighted by atomic mass is 16.3. The number of hydrogen-bond donors (Lipinski definition) is 2. The van der Waals surface area contributed by atoms with E-state index in [4.69, 9.17) is 0 Å². The molecule has 2 rings (SSSR count). The highest BCUT2D eigenvalue weighted by Gasteiger charge is 2.37. The van der Waals surface area contributed by atoms with Gasteiger partial charge in [-0.25, -0.2) is 0 Å². The summed E-state index contributed by atoms with van der Waals surface area (Å²) in [5.74, 6) is -1.13. The number of nitrogens with zero attached hydrogens (tertiary/aromatic N) is 1. The van der Waals surface area contributed by atoms with Gasteiger partial charge in [-0.2, -0.15) is 0 Å². The molecule has 1 aromatic carbocycles. The fourth-order valence-electron chi connectivity index (χ4n) is 2.53. The van der Waals surface area contributed by atoms with Gasteiger partial charge in [-0.3, -0.25) is 9.59 Å².